The second-order valence-corrected chi connectivity index (χ2v) is 6.67. The maximum Gasteiger partial charge on any atom is 0.267 e. The van der Waals surface area contributed by atoms with Crippen LogP contribution in [-0.2, 0) is 21.9 Å². The first kappa shape index (κ1) is 18.8. The van der Waals surface area contributed by atoms with E-state index in [-0.39, 0.29) is 10.6 Å². The molecular formula is C18H17N3O5S. The number of benzene rings is 2. The number of carbonyl (C=O) groups is 1. The molecule has 1 atom stereocenters. The number of anilines is 1. The molecule has 0 saturated heterocycles. The third-order valence-electron chi connectivity index (χ3n) is 4.09. The number of hydrogen-bond acceptors (Lipinski definition) is 6. The second-order valence-electron chi connectivity index (χ2n) is 5.57. The molecule has 0 spiro atoms. The summed E-state index contributed by atoms with van der Waals surface area (Å²) in [6.07, 6.45) is 0. The highest BCUT2D eigenvalue weighted by Crippen LogP contribution is 2.27. The summed E-state index contributed by atoms with van der Waals surface area (Å²) in [6, 6.07) is 12.9. The van der Waals surface area contributed by atoms with Crippen molar-refractivity contribution in [2.45, 2.75) is 18.4 Å². The number of carbonyl (C=O) groups excluding carboxylic acids is 1. The molecule has 1 amide bonds. The zero-order valence-electron chi connectivity index (χ0n) is 14.3. The van der Waals surface area contributed by atoms with E-state index in [1.165, 1.54) is 16.7 Å². The molecule has 0 bridgehead atoms. The number of nitrogens with one attached hydrogen (secondary N) is 1. The fraction of sp³-hybridized carbons (Fsp3) is 0.111. The number of aryl methyl sites for hydroxylation is 1. The van der Waals surface area contributed by atoms with Gasteiger partial charge in [-0.2, -0.15) is 10.2 Å². The minimum Gasteiger partial charge on any atom is -0.506 e. The monoisotopic (exact) mass is 387 g/mol. The Balaban J connectivity index is 2.13. The van der Waals surface area contributed by atoms with Crippen LogP contribution in [0.3, 0.4) is 0 Å². The van der Waals surface area contributed by atoms with Crippen LogP contribution in [0, 0.1) is 0 Å². The van der Waals surface area contributed by atoms with E-state index in [9.17, 15) is 18.9 Å². The summed E-state index contributed by atoms with van der Waals surface area (Å²) < 4.78 is 17.6. The molecule has 4 N–H and O–H groups in total. The number of fused-ring (bicyclic) bond motifs is 1. The molecule has 1 aromatic heterocycles. The summed E-state index contributed by atoms with van der Waals surface area (Å²) >= 11 is -2.00. The molecule has 140 valence electrons. The number of aromatic hydroxyl groups is 1. The van der Waals surface area contributed by atoms with Crippen LogP contribution >= 0.6 is 0 Å². The molecule has 3 rings (SSSR count). The van der Waals surface area contributed by atoms with Gasteiger partial charge in [-0.1, -0.05) is 24.3 Å². The molecule has 2 aromatic carbocycles. The van der Waals surface area contributed by atoms with Crippen molar-refractivity contribution in [3.8, 4) is 5.75 Å². The SMILES string of the molecule is CCn1c(=O)c(C(=O)Nc2ccccc2S(=O)ON)c(O)c2ccccc21. The van der Waals surface area contributed by atoms with Crippen LogP contribution in [0.4, 0.5) is 5.69 Å². The summed E-state index contributed by atoms with van der Waals surface area (Å²) in [7, 11) is 0. The average molecular weight is 387 g/mol. The van der Waals surface area contributed by atoms with Gasteiger partial charge in [-0.25, -0.2) is 4.21 Å². The van der Waals surface area contributed by atoms with E-state index in [1.54, 1.807) is 43.3 Å². The van der Waals surface area contributed by atoms with Crippen LogP contribution in [0.2, 0.25) is 0 Å². The zero-order valence-corrected chi connectivity index (χ0v) is 15.2. The van der Waals surface area contributed by atoms with Gasteiger partial charge in [-0.05, 0) is 31.2 Å². The first-order valence-electron chi connectivity index (χ1n) is 8.03. The zero-order chi connectivity index (χ0) is 19.6. The molecule has 8 nitrogen and oxygen atoms in total. The van der Waals surface area contributed by atoms with Crippen LogP contribution < -0.4 is 16.8 Å². The van der Waals surface area contributed by atoms with Crippen LogP contribution in [0.5, 0.6) is 5.75 Å². The second kappa shape index (κ2) is 7.70. The first-order valence-corrected chi connectivity index (χ1v) is 9.11. The number of para-hydroxylation sites is 2. The van der Waals surface area contributed by atoms with Crippen molar-refractivity contribution < 1.29 is 18.4 Å². The summed E-state index contributed by atoms with van der Waals surface area (Å²) in [4.78, 5) is 25.7. The predicted octanol–water partition coefficient (Wildman–Crippen LogP) is 1.89. The van der Waals surface area contributed by atoms with Gasteiger partial charge in [0.1, 0.15) is 11.3 Å². The average Bonchev–Trinajstić information content (AvgIpc) is 2.68. The van der Waals surface area contributed by atoms with E-state index in [4.69, 9.17) is 5.90 Å². The fourth-order valence-corrected chi connectivity index (χ4v) is 3.45. The fourth-order valence-electron chi connectivity index (χ4n) is 2.86. The van der Waals surface area contributed by atoms with Gasteiger partial charge < -0.3 is 15.0 Å². The topological polar surface area (TPSA) is 124 Å². The molecule has 0 aliphatic rings. The van der Waals surface area contributed by atoms with E-state index in [2.05, 4.69) is 9.60 Å². The highest BCUT2D eigenvalue weighted by atomic mass is 32.2. The molecular weight excluding hydrogens is 370 g/mol. The number of aromatic nitrogens is 1. The van der Waals surface area contributed by atoms with Gasteiger partial charge in [-0.15, -0.1) is 0 Å². The summed E-state index contributed by atoms with van der Waals surface area (Å²) in [5, 5.41) is 13.4. The Morgan fingerprint density at radius 1 is 1.22 bits per heavy atom. The number of nitrogens with zero attached hydrogens (tertiary/aromatic N) is 1. The van der Waals surface area contributed by atoms with Crippen LogP contribution in [0.1, 0.15) is 17.3 Å². The van der Waals surface area contributed by atoms with Gasteiger partial charge in [0.15, 0.2) is 0 Å². The lowest BCUT2D eigenvalue weighted by Crippen LogP contribution is -2.29. The number of rotatable bonds is 5. The Morgan fingerprint density at radius 3 is 2.59 bits per heavy atom. The Kier molecular flexibility index (Phi) is 5.36. The van der Waals surface area contributed by atoms with Gasteiger partial charge in [0.25, 0.3) is 11.5 Å². The van der Waals surface area contributed by atoms with Crippen LogP contribution in [0.15, 0.2) is 58.2 Å². The Morgan fingerprint density at radius 2 is 1.89 bits per heavy atom. The highest BCUT2D eigenvalue weighted by Gasteiger charge is 2.23. The molecule has 0 saturated carbocycles. The third-order valence-corrected chi connectivity index (χ3v) is 4.98. The lowest BCUT2D eigenvalue weighted by atomic mass is 10.1. The predicted molar refractivity (Wildman–Crippen MR) is 102 cm³/mol. The third kappa shape index (κ3) is 3.35. The number of pyridine rings is 1. The molecule has 27 heavy (non-hydrogen) atoms. The maximum absolute atomic E-state index is 12.8. The molecule has 0 aliphatic heterocycles. The van der Waals surface area contributed by atoms with Crippen molar-refractivity contribution in [3.63, 3.8) is 0 Å². The maximum atomic E-state index is 12.8. The number of hydrogen-bond donors (Lipinski definition) is 3. The minimum absolute atomic E-state index is 0.129. The summed E-state index contributed by atoms with van der Waals surface area (Å²) in [5.41, 5.74) is -0.344. The smallest absolute Gasteiger partial charge is 0.267 e. The van der Waals surface area contributed by atoms with E-state index in [0.717, 1.165) is 0 Å². The highest BCUT2D eigenvalue weighted by molar-refractivity contribution is 7.80. The van der Waals surface area contributed by atoms with Crippen molar-refractivity contribution in [1.82, 2.24) is 4.57 Å². The molecule has 0 fully saturated rings. The molecule has 1 unspecified atom stereocenters. The molecule has 0 radical (unpaired) electrons. The summed E-state index contributed by atoms with van der Waals surface area (Å²) in [5.74, 6) is 3.72. The largest absolute Gasteiger partial charge is 0.506 e. The van der Waals surface area contributed by atoms with Crippen molar-refractivity contribution in [3.05, 3.63) is 64.4 Å². The lowest BCUT2D eigenvalue weighted by Gasteiger charge is -2.14. The Bertz CT molecular complexity index is 1110. The van der Waals surface area contributed by atoms with Crippen molar-refractivity contribution in [2.24, 2.45) is 5.90 Å². The quantitative estimate of drug-likeness (QED) is 0.575. The summed E-state index contributed by atoms with van der Waals surface area (Å²) in [6.45, 7) is 2.09. The number of amides is 1. The normalized spacial score (nSPS) is 12.1. The molecule has 0 aliphatic carbocycles. The first-order chi connectivity index (χ1) is 13.0. The van der Waals surface area contributed by atoms with Gasteiger partial charge in [0.2, 0.25) is 11.1 Å². The van der Waals surface area contributed by atoms with E-state index in [0.29, 0.717) is 17.4 Å². The molecule has 9 heteroatoms. The van der Waals surface area contributed by atoms with E-state index in [1.807, 2.05) is 0 Å². The lowest BCUT2D eigenvalue weighted by molar-refractivity contribution is 0.102. The van der Waals surface area contributed by atoms with Crippen LogP contribution in [-0.4, -0.2) is 19.8 Å². The van der Waals surface area contributed by atoms with Gasteiger partial charge >= 0.3 is 0 Å². The Hall–Kier alpha value is -3.01. The van der Waals surface area contributed by atoms with Gasteiger partial charge in [0.05, 0.1) is 16.1 Å². The molecule has 3 aromatic rings. The number of nitrogens with two attached hydrogens (primary N) is 1. The van der Waals surface area contributed by atoms with Crippen molar-refractivity contribution >= 4 is 33.6 Å². The van der Waals surface area contributed by atoms with E-state index >= 15 is 0 Å². The minimum atomic E-state index is -2.00. The van der Waals surface area contributed by atoms with Crippen molar-refractivity contribution in [1.29, 1.82) is 0 Å². The van der Waals surface area contributed by atoms with Gasteiger partial charge in [0, 0.05) is 11.9 Å². The Labute approximate surface area is 156 Å². The van der Waals surface area contributed by atoms with Gasteiger partial charge in [-0.3, -0.25) is 9.59 Å². The standard InChI is InChI=1S/C18H17N3O5S/c1-2-21-13-9-5-3-7-11(13)16(22)15(18(21)24)17(23)20-12-8-4-6-10-14(12)27(25)26-19/h3-10,22H,2,19H2,1H3,(H,20,23). The van der Waals surface area contributed by atoms with E-state index < -0.39 is 33.9 Å². The molecule has 1 heterocycles. The van der Waals surface area contributed by atoms with Crippen LogP contribution in [0.25, 0.3) is 10.9 Å². The van der Waals surface area contributed by atoms with Crippen molar-refractivity contribution in [2.75, 3.05) is 5.32 Å².